The third-order valence-corrected chi connectivity index (χ3v) is 3.50. The van der Waals surface area contributed by atoms with Gasteiger partial charge in [-0.15, -0.1) is 0 Å². The molecule has 1 aromatic carbocycles. The Hall–Kier alpha value is -2.24. The third-order valence-electron chi connectivity index (χ3n) is 3.50. The maximum absolute atomic E-state index is 12.2. The number of anilines is 1. The number of rotatable bonds is 2. The fourth-order valence-corrected chi connectivity index (χ4v) is 2.44. The number of nitrogens with zero attached hydrogens (tertiary/aromatic N) is 2. The first-order valence-electron chi connectivity index (χ1n) is 6.74. The Morgan fingerprint density at radius 1 is 1.50 bits per heavy atom. The van der Waals surface area contributed by atoms with Gasteiger partial charge in [-0.05, 0) is 30.9 Å². The number of para-hydroxylation sites is 1. The molecule has 0 radical (unpaired) electrons. The molecule has 6 nitrogen and oxygen atoms in total. The summed E-state index contributed by atoms with van der Waals surface area (Å²) in [5.41, 5.74) is 6.66. The normalized spacial score (nSPS) is 19.8. The number of urea groups is 1. The Bertz CT molecular complexity index is 516. The molecular weight excluding hydrogens is 256 g/mol. The number of amides is 2. The van der Waals surface area contributed by atoms with Crippen LogP contribution in [0.2, 0.25) is 0 Å². The van der Waals surface area contributed by atoms with Gasteiger partial charge in [0, 0.05) is 18.7 Å². The van der Waals surface area contributed by atoms with Crippen LogP contribution in [-0.4, -0.2) is 35.1 Å². The van der Waals surface area contributed by atoms with Gasteiger partial charge in [0.2, 0.25) is 0 Å². The molecule has 1 aromatic rings. The minimum Gasteiger partial charge on any atom is -0.409 e. The maximum atomic E-state index is 12.2. The number of oxime groups is 1. The van der Waals surface area contributed by atoms with E-state index in [0.29, 0.717) is 17.2 Å². The molecule has 6 heteroatoms. The van der Waals surface area contributed by atoms with Crippen molar-refractivity contribution >= 4 is 17.6 Å². The van der Waals surface area contributed by atoms with Crippen LogP contribution >= 0.6 is 0 Å². The van der Waals surface area contributed by atoms with Crippen LogP contribution in [0.1, 0.15) is 25.3 Å². The summed E-state index contributed by atoms with van der Waals surface area (Å²) in [7, 11) is 0. The standard InChI is InChI=1S/C14H20N4O2/c1-10-5-4-8-18(9-10)14(19)16-12-7-3-2-6-11(12)13(15)17-20/h2-3,6-7,10,20H,4-5,8-9H2,1H3,(H2,15,17)(H,16,19). The van der Waals surface area contributed by atoms with Gasteiger partial charge >= 0.3 is 6.03 Å². The van der Waals surface area contributed by atoms with Gasteiger partial charge in [0.25, 0.3) is 0 Å². The molecule has 0 bridgehead atoms. The fourth-order valence-electron chi connectivity index (χ4n) is 2.44. The average molecular weight is 276 g/mol. The fraction of sp³-hybridized carbons (Fsp3) is 0.429. The van der Waals surface area contributed by atoms with Gasteiger partial charge in [-0.3, -0.25) is 0 Å². The van der Waals surface area contributed by atoms with E-state index in [9.17, 15) is 4.79 Å². The summed E-state index contributed by atoms with van der Waals surface area (Å²) in [6.45, 7) is 3.67. The lowest BCUT2D eigenvalue weighted by molar-refractivity contribution is 0.182. The zero-order chi connectivity index (χ0) is 14.5. The van der Waals surface area contributed by atoms with Crippen LogP contribution in [0.5, 0.6) is 0 Å². The van der Waals surface area contributed by atoms with E-state index in [1.54, 1.807) is 29.2 Å². The monoisotopic (exact) mass is 276 g/mol. The summed E-state index contributed by atoms with van der Waals surface area (Å²) >= 11 is 0. The number of likely N-dealkylation sites (tertiary alicyclic amines) is 1. The third kappa shape index (κ3) is 3.20. The number of nitrogens with two attached hydrogens (primary N) is 1. The Balaban J connectivity index is 2.12. The Morgan fingerprint density at radius 3 is 2.95 bits per heavy atom. The van der Waals surface area contributed by atoms with Gasteiger partial charge in [-0.2, -0.15) is 0 Å². The molecule has 1 atom stereocenters. The van der Waals surface area contributed by atoms with E-state index in [1.807, 2.05) is 0 Å². The molecule has 1 fully saturated rings. The highest BCUT2D eigenvalue weighted by Crippen LogP contribution is 2.19. The van der Waals surface area contributed by atoms with Crippen molar-refractivity contribution in [3.05, 3.63) is 29.8 Å². The first-order valence-corrected chi connectivity index (χ1v) is 6.74. The van der Waals surface area contributed by atoms with Crippen molar-refractivity contribution in [2.45, 2.75) is 19.8 Å². The second-order valence-electron chi connectivity index (χ2n) is 5.15. The molecule has 20 heavy (non-hydrogen) atoms. The minimum atomic E-state index is -0.144. The van der Waals surface area contributed by atoms with E-state index in [0.717, 1.165) is 25.9 Å². The lowest BCUT2D eigenvalue weighted by Crippen LogP contribution is -2.41. The molecule has 1 heterocycles. The van der Waals surface area contributed by atoms with Crippen molar-refractivity contribution in [2.24, 2.45) is 16.8 Å². The summed E-state index contributed by atoms with van der Waals surface area (Å²) in [4.78, 5) is 14.1. The molecule has 2 amide bonds. The Morgan fingerprint density at radius 2 is 2.25 bits per heavy atom. The van der Waals surface area contributed by atoms with Gasteiger partial charge in [0.15, 0.2) is 5.84 Å². The zero-order valence-electron chi connectivity index (χ0n) is 11.5. The second-order valence-corrected chi connectivity index (χ2v) is 5.15. The topological polar surface area (TPSA) is 91.0 Å². The van der Waals surface area contributed by atoms with E-state index in [-0.39, 0.29) is 11.9 Å². The van der Waals surface area contributed by atoms with Gasteiger partial charge in [0.05, 0.1) is 5.69 Å². The average Bonchev–Trinajstić information content (AvgIpc) is 2.47. The molecule has 1 aliphatic heterocycles. The van der Waals surface area contributed by atoms with Gasteiger partial charge < -0.3 is 21.2 Å². The molecule has 1 aliphatic rings. The number of nitrogens with one attached hydrogen (secondary N) is 1. The van der Waals surface area contributed by atoms with Crippen LogP contribution < -0.4 is 11.1 Å². The SMILES string of the molecule is CC1CCCN(C(=O)Nc2ccccc2C(N)=NO)C1. The van der Waals surface area contributed by atoms with Crippen molar-refractivity contribution in [3.8, 4) is 0 Å². The molecule has 108 valence electrons. The highest BCUT2D eigenvalue weighted by molar-refractivity contribution is 6.05. The van der Waals surface area contributed by atoms with E-state index in [4.69, 9.17) is 10.9 Å². The quantitative estimate of drug-likeness (QED) is 0.334. The van der Waals surface area contributed by atoms with Crippen LogP contribution in [0.4, 0.5) is 10.5 Å². The first kappa shape index (κ1) is 14.2. The Labute approximate surface area is 118 Å². The molecule has 4 N–H and O–H groups in total. The molecule has 1 unspecified atom stereocenters. The van der Waals surface area contributed by atoms with Gasteiger partial charge in [0.1, 0.15) is 0 Å². The molecule has 2 rings (SSSR count). The Kier molecular flexibility index (Phi) is 4.45. The summed E-state index contributed by atoms with van der Waals surface area (Å²) in [5, 5.41) is 14.6. The maximum Gasteiger partial charge on any atom is 0.321 e. The van der Waals surface area contributed by atoms with Crippen molar-refractivity contribution in [1.29, 1.82) is 0 Å². The molecule has 0 spiro atoms. The van der Waals surface area contributed by atoms with E-state index in [2.05, 4.69) is 17.4 Å². The lowest BCUT2D eigenvalue weighted by atomic mass is 10.0. The number of amidine groups is 1. The number of benzene rings is 1. The molecule has 0 aliphatic carbocycles. The van der Waals surface area contributed by atoms with Crippen molar-refractivity contribution in [3.63, 3.8) is 0 Å². The zero-order valence-corrected chi connectivity index (χ0v) is 11.5. The van der Waals surface area contributed by atoms with Crippen LogP contribution in [0.15, 0.2) is 29.4 Å². The predicted octanol–water partition coefficient (Wildman–Crippen LogP) is 2.04. The van der Waals surface area contributed by atoms with Crippen LogP contribution in [0.3, 0.4) is 0 Å². The minimum absolute atomic E-state index is 0.0205. The van der Waals surface area contributed by atoms with Gasteiger partial charge in [-0.25, -0.2) is 4.79 Å². The summed E-state index contributed by atoms with van der Waals surface area (Å²) in [6, 6.07) is 6.85. The van der Waals surface area contributed by atoms with Crippen LogP contribution in [-0.2, 0) is 0 Å². The number of carbonyl (C=O) groups is 1. The molecular formula is C14H20N4O2. The first-order chi connectivity index (χ1) is 9.61. The van der Waals surface area contributed by atoms with Crippen molar-refractivity contribution in [2.75, 3.05) is 18.4 Å². The number of carbonyl (C=O) groups excluding carboxylic acids is 1. The molecule has 0 aromatic heterocycles. The number of hydrogen-bond acceptors (Lipinski definition) is 3. The highest BCUT2D eigenvalue weighted by Gasteiger charge is 2.21. The molecule has 1 saturated heterocycles. The summed E-state index contributed by atoms with van der Waals surface area (Å²) in [6.07, 6.45) is 2.18. The summed E-state index contributed by atoms with van der Waals surface area (Å²) in [5.74, 6) is 0.502. The largest absolute Gasteiger partial charge is 0.409 e. The van der Waals surface area contributed by atoms with E-state index in [1.165, 1.54) is 0 Å². The van der Waals surface area contributed by atoms with Crippen molar-refractivity contribution in [1.82, 2.24) is 4.90 Å². The van der Waals surface area contributed by atoms with E-state index < -0.39 is 0 Å². The number of piperidine rings is 1. The number of hydrogen-bond donors (Lipinski definition) is 3. The van der Waals surface area contributed by atoms with Gasteiger partial charge in [-0.1, -0.05) is 24.2 Å². The van der Waals surface area contributed by atoms with Crippen LogP contribution in [0.25, 0.3) is 0 Å². The smallest absolute Gasteiger partial charge is 0.321 e. The van der Waals surface area contributed by atoms with Crippen molar-refractivity contribution < 1.29 is 10.0 Å². The lowest BCUT2D eigenvalue weighted by Gasteiger charge is -2.31. The second kappa shape index (κ2) is 6.27. The summed E-state index contributed by atoms with van der Waals surface area (Å²) < 4.78 is 0. The van der Waals surface area contributed by atoms with Crippen LogP contribution in [0, 0.1) is 5.92 Å². The van der Waals surface area contributed by atoms with E-state index >= 15 is 0 Å². The molecule has 0 saturated carbocycles. The predicted molar refractivity (Wildman–Crippen MR) is 77.9 cm³/mol. The highest BCUT2D eigenvalue weighted by atomic mass is 16.4.